The van der Waals surface area contributed by atoms with Gasteiger partial charge in [0.15, 0.2) is 17.5 Å². The molecule has 1 aliphatic heterocycles. The average molecular weight is 652 g/mol. The predicted octanol–water partition coefficient (Wildman–Crippen LogP) is 3.63. The smallest absolute Gasteiger partial charge is 0.394 e. The largest absolute Gasteiger partial charge is 0.418 e. The molecule has 3 heterocycles. The lowest BCUT2D eigenvalue weighted by atomic mass is 9.92. The van der Waals surface area contributed by atoms with Gasteiger partial charge < -0.3 is 20.1 Å². The van der Waals surface area contributed by atoms with E-state index < -0.39 is 66.1 Å². The Kier molecular flexibility index (Phi) is 7.66. The number of hydrogen-bond donors (Lipinski definition) is 3. The Bertz CT molecular complexity index is 1550. The molecule has 10 nitrogen and oxygen atoms in total. The standard InChI is InChI=1S/C23H17BrClF5N6O4/c24-12-4-2-10(16(26)17(12)27)13-6-36(34-32-13)18-19(38)15(7-37)40-21(20(18)39)22-33-31-8-35(22)14-5-9(25)1-3-11(14)23(28,29)30/h1-6,8,15,18-21,37-39H,7H2/t15-,18+,19+,20-,21-/m1/s1. The number of nitrogens with zero attached hydrogens (tertiary/aromatic N) is 6. The Labute approximate surface area is 234 Å². The van der Waals surface area contributed by atoms with E-state index in [1.165, 1.54) is 12.1 Å². The van der Waals surface area contributed by atoms with Gasteiger partial charge in [0.05, 0.1) is 28.5 Å². The molecule has 5 atom stereocenters. The quantitative estimate of drug-likeness (QED) is 0.220. The van der Waals surface area contributed by atoms with Gasteiger partial charge in [-0.2, -0.15) is 13.2 Å². The highest BCUT2D eigenvalue weighted by Gasteiger charge is 2.48. The monoisotopic (exact) mass is 650 g/mol. The van der Waals surface area contributed by atoms with E-state index in [2.05, 4.69) is 36.4 Å². The first-order chi connectivity index (χ1) is 18.9. The molecule has 17 heteroatoms. The van der Waals surface area contributed by atoms with E-state index in [0.29, 0.717) is 0 Å². The van der Waals surface area contributed by atoms with Crippen LogP contribution in [0.25, 0.3) is 16.9 Å². The summed E-state index contributed by atoms with van der Waals surface area (Å²) >= 11 is 8.84. The van der Waals surface area contributed by atoms with Crippen LogP contribution < -0.4 is 0 Å². The number of ether oxygens (including phenoxy) is 1. The van der Waals surface area contributed by atoms with E-state index in [0.717, 1.165) is 40.0 Å². The van der Waals surface area contributed by atoms with Crippen molar-refractivity contribution in [1.29, 1.82) is 0 Å². The molecule has 2 aromatic carbocycles. The number of benzene rings is 2. The molecule has 0 saturated carbocycles. The van der Waals surface area contributed by atoms with Crippen LogP contribution in [0.15, 0.2) is 47.3 Å². The summed E-state index contributed by atoms with van der Waals surface area (Å²) in [5, 5.41) is 47.1. The fourth-order valence-corrected chi connectivity index (χ4v) is 4.94. The van der Waals surface area contributed by atoms with Gasteiger partial charge in [0.2, 0.25) is 0 Å². The zero-order chi connectivity index (χ0) is 28.9. The van der Waals surface area contributed by atoms with Gasteiger partial charge in [-0.1, -0.05) is 16.8 Å². The normalized spacial score (nSPS) is 23.5. The molecule has 1 fully saturated rings. The van der Waals surface area contributed by atoms with Crippen molar-refractivity contribution < 1.29 is 42.0 Å². The highest BCUT2D eigenvalue weighted by atomic mass is 79.9. The SMILES string of the molecule is OC[C@H]1O[C@@H](c2nncn2-c2cc(Cl)ccc2C(F)(F)F)[C@H](O)[C@@H](n2cc(-c3ccc(Br)c(F)c3F)nn2)[C@H]1O. The van der Waals surface area contributed by atoms with Crippen molar-refractivity contribution in [3.63, 3.8) is 0 Å². The molecule has 0 amide bonds. The van der Waals surface area contributed by atoms with Gasteiger partial charge in [0, 0.05) is 10.6 Å². The first-order valence-electron chi connectivity index (χ1n) is 11.4. The molecular formula is C23H17BrClF5N6O4. The number of aromatic nitrogens is 6. The Morgan fingerprint density at radius 2 is 1.80 bits per heavy atom. The Morgan fingerprint density at radius 3 is 2.50 bits per heavy atom. The zero-order valence-electron chi connectivity index (χ0n) is 19.7. The molecule has 0 unspecified atom stereocenters. The van der Waals surface area contributed by atoms with Crippen molar-refractivity contribution in [3.05, 3.63) is 75.4 Å². The minimum Gasteiger partial charge on any atom is -0.394 e. The summed E-state index contributed by atoms with van der Waals surface area (Å²) in [6.45, 7) is -0.770. The van der Waals surface area contributed by atoms with Crippen molar-refractivity contribution in [2.75, 3.05) is 6.61 Å². The average Bonchev–Trinajstić information content (AvgIpc) is 3.57. The Balaban J connectivity index is 1.56. The highest BCUT2D eigenvalue weighted by molar-refractivity contribution is 9.10. The molecular weight excluding hydrogens is 635 g/mol. The number of rotatable bonds is 5. The van der Waals surface area contributed by atoms with Gasteiger partial charge in [0.1, 0.15) is 42.5 Å². The zero-order valence-corrected chi connectivity index (χ0v) is 22.1. The fraction of sp³-hybridized carbons (Fsp3) is 0.304. The Morgan fingerprint density at radius 1 is 1.05 bits per heavy atom. The molecule has 4 aromatic rings. The third-order valence-corrected chi connectivity index (χ3v) is 7.22. The first-order valence-corrected chi connectivity index (χ1v) is 12.5. The number of aliphatic hydroxyl groups excluding tert-OH is 3. The molecule has 1 saturated heterocycles. The van der Waals surface area contributed by atoms with E-state index in [-0.39, 0.29) is 26.6 Å². The highest BCUT2D eigenvalue weighted by Crippen LogP contribution is 2.41. The van der Waals surface area contributed by atoms with Crippen LogP contribution in [-0.4, -0.2) is 70.0 Å². The van der Waals surface area contributed by atoms with Crippen LogP contribution in [0, 0.1) is 11.6 Å². The minimum atomic E-state index is -4.79. The maximum atomic E-state index is 14.5. The number of halogens is 7. The third-order valence-electron chi connectivity index (χ3n) is 6.37. The van der Waals surface area contributed by atoms with Gasteiger partial charge in [-0.3, -0.25) is 4.57 Å². The van der Waals surface area contributed by atoms with Crippen molar-refractivity contribution >= 4 is 27.5 Å². The van der Waals surface area contributed by atoms with E-state index >= 15 is 0 Å². The van der Waals surface area contributed by atoms with Gasteiger partial charge in [0.25, 0.3) is 0 Å². The molecule has 0 radical (unpaired) electrons. The number of alkyl halides is 3. The van der Waals surface area contributed by atoms with Crippen molar-refractivity contribution in [1.82, 2.24) is 29.8 Å². The second kappa shape index (κ2) is 10.8. The molecule has 5 rings (SSSR count). The van der Waals surface area contributed by atoms with Gasteiger partial charge in [-0.15, -0.1) is 15.3 Å². The number of aliphatic hydroxyl groups is 3. The van der Waals surface area contributed by atoms with E-state index in [4.69, 9.17) is 16.3 Å². The van der Waals surface area contributed by atoms with Gasteiger partial charge in [-0.05, 0) is 46.3 Å². The topological polar surface area (TPSA) is 131 Å². The van der Waals surface area contributed by atoms with Crippen LogP contribution in [0.1, 0.15) is 23.5 Å². The molecule has 2 aromatic heterocycles. The summed E-state index contributed by atoms with van der Waals surface area (Å²) in [5.41, 5.74) is -1.96. The lowest BCUT2D eigenvalue weighted by Crippen LogP contribution is -2.53. The molecule has 40 heavy (non-hydrogen) atoms. The van der Waals surface area contributed by atoms with Crippen LogP contribution in [0.5, 0.6) is 0 Å². The first kappa shape index (κ1) is 28.5. The van der Waals surface area contributed by atoms with Crippen molar-refractivity contribution in [2.24, 2.45) is 0 Å². The van der Waals surface area contributed by atoms with E-state index in [1.807, 2.05) is 0 Å². The third kappa shape index (κ3) is 4.99. The summed E-state index contributed by atoms with van der Waals surface area (Å²) in [5.74, 6) is -2.70. The summed E-state index contributed by atoms with van der Waals surface area (Å²) in [4.78, 5) is 0. The molecule has 212 valence electrons. The lowest BCUT2D eigenvalue weighted by molar-refractivity contribution is -0.210. The van der Waals surface area contributed by atoms with Crippen LogP contribution in [0.2, 0.25) is 5.02 Å². The summed E-state index contributed by atoms with van der Waals surface area (Å²) in [6, 6.07) is 3.91. The summed E-state index contributed by atoms with van der Waals surface area (Å²) < 4.78 is 77.3. The van der Waals surface area contributed by atoms with Crippen LogP contribution in [-0.2, 0) is 10.9 Å². The minimum absolute atomic E-state index is 0.0268. The van der Waals surface area contributed by atoms with Crippen LogP contribution in [0.4, 0.5) is 22.0 Å². The lowest BCUT2D eigenvalue weighted by Gasteiger charge is -2.41. The molecule has 0 spiro atoms. The van der Waals surface area contributed by atoms with Crippen molar-refractivity contribution in [3.8, 4) is 16.9 Å². The predicted molar refractivity (Wildman–Crippen MR) is 130 cm³/mol. The number of hydrogen-bond acceptors (Lipinski definition) is 8. The van der Waals surface area contributed by atoms with E-state index in [1.54, 1.807) is 0 Å². The fourth-order valence-electron chi connectivity index (χ4n) is 4.46. The van der Waals surface area contributed by atoms with Gasteiger partial charge >= 0.3 is 6.18 Å². The molecule has 1 aliphatic rings. The molecule has 0 aliphatic carbocycles. The summed E-state index contributed by atoms with van der Waals surface area (Å²) in [7, 11) is 0. The molecule has 3 N–H and O–H groups in total. The van der Waals surface area contributed by atoms with Crippen molar-refractivity contribution in [2.45, 2.75) is 36.6 Å². The van der Waals surface area contributed by atoms with Crippen LogP contribution in [0.3, 0.4) is 0 Å². The maximum Gasteiger partial charge on any atom is 0.418 e. The van der Waals surface area contributed by atoms with Gasteiger partial charge in [-0.25, -0.2) is 13.5 Å². The maximum absolute atomic E-state index is 14.5. The van der Waals surface area contributed by atoms with Crippen LogP contribution >= 0.6 is 27.5 Å². The Hall–Kier alpha value is -3.02. The second-order valence-corrected chi connectivity index (χ2v) is 10.1. The molecule has 0 bridgehead atoms. The van der Waals surface area contributed by atoms with E-state index in [9.17, 15) is 37.3 Å². The summed E-state index contributed by atoms with van der Waals surface area (Å²) in [6.07, 6.45) is -9.01. The second-order valence-electron chi connectivity index (χ2n) is 8.77.